The molecule has 3 aromatic rings. The van der Waals surface area contributed by atoms with Crippen LogP contribution in [0, 0.1) is 24.7 Å². The quantitative estimate of drug-likeness (QED) is 0.421. The van der Waals surface area contributed by atoms with E-state index in [0.717, 1.165) is 61.1 Å². The van der Waals surface area contributed by atoms with Crippen LogP contribution in [0.25, 0.3) is 17.0 Å². The zero-order valence-electron chi connectivity index (χ0n) is 23.8. The Bertz CT molecular complexity index is 1550. The fraction of sp³-hybridized carbons (Fsp3) is 0.406. The van der Waals surface area contributed by atoms with Crippen LogP contribution in [-0.2, 0) is 11.3 Å². The van der Waals surface area contributed by atoms with Gasteiger partial charge in [0, 0.05) is 30.7 Å². The number of piperidine rings is 1. The number of fused-ring (bicyclic) bond motifs is 2. The minimum atomic E-state index is -0.418. The molecular weight excluding hydrogens is 504 g/mol. The lowest BCUT2D eigenvalue weighted by molar-refractivity contribution is -0.126. The monoisotopic (exact) mass is 540 g/mol. The number of likely N-dealkylation sites (tertiary alicyclic amines) is 1. The van der Waals surface area contributed by atoms with Crippen LogP contribution in [0.2, 0.25) is 0 Å². The number of rotatable bonds is 6. The molecule has 0 aliphatic carbocycles. The summed E-state index contributed by atoms with van der Waals surface area (Å²) in [4.78, 5) is 27.3. The van der Waals surface area contributed by atoms with Gasteiger partial charge in [0.25, 0.3) is 11.8 Å². The lowest BCUT2D eigenvalue weighted by atomic mass is 9.93. The maximum Gasteiger partial charge on any atom is 0.298 e. The van der Waals surface area contributed by atoms with Crippen molar-refractivity contribution in [3.8, 4) is 23.3 Å². The van der Waals surface area contributed by atoms with Gasteiger partial charge in [-0.15, -0.1) is 0 Å². The highest BCUT2D eigenvalue weighted by Gasteiger charge is 2.27. The molecule has 5 rings (SSSR count). The number of carbonyl (C=O) groups excluding carboxylic acids is 2. The average molecular weight is 541 g/mol. The minimum absolute atomic E-state index is 0.0778. The summed E-state index contributed by atoms with van der Waals surface area (Å²) in [6.07, 6.45) is 6.82. The molecule has 0 spiro atoms. The van der Waals surface area contributed by atoms with Crippen molar-refractivity contribution in [1.82, 2.24) is 14.7 Å². The Morgan fingerprint density at radius 1 is 1.20 bits per heavy atom. The van der Waals surface area contributed by atoms with Gasteiger partial charge in [0.2, 0.25) is 0 Å². The summed E-state index contributed by atoms with van der Waals surface area (Å²) in [7, 11) is 1.56. The average Bonchev–Trinajstić information content (AvgIpc) is 3.25. The van der Waals surface area contributed by atoms with E-state index in [1.165, 1.54) is 0 Å². The number of aryl methyl sites for hydroxylation is 2. The van der Waals surface area contributed by atoms with Crippen molar-refractivity contribution in [2.24, 2.45) is 5.92 Å². The molecule has 0 unspecified atom stereocenters. The van der Waals surface area contributed by atoms with Crippen LogP contribution in [0.4, 0.5) is 5.69 Å². The van der Waals surface area contributed by atoms with Crippen molar-refractivity contribution >= 4 is 34.5 Å². The molecule has 1 fully saturated rings. The van der Waals surface area contributed by atoms with Gasteiger partial charge in [-0.2, -0.15) is 5.10 Å². The number of hydrogen-bond acceptors (Lipinski definition) is 5. The number of ether oxygens (including phenoxy) is 2. The van der Waals surface area contributed by atoms with Gasteiger partial charge >= 0.3 is 0 Å². The van der Waals surface area contributed by atoms with Crippen LogP contribution >= 0.6 is 0 Å². The van der Waals surface area contributed by atoms with E-state index >= 15 is 0 Å². The first kappa shape index (κ1) is 27.3. The predicted octanol–water partition coefficient (Wildman–Crippen LogP) is 5.44. The summed E-state index contributed by atoms with van der Waals surface area (Å²) in [5.41, 5.74) is 3.41. The Labute approximate surface area is 235 Å². The van der Waals surface area contributed by atoms with Crippen LogP contribution in [-0.4, -0.2) is 52.3 Å². The second-order valence-electron chi connectivity index (χ2n) is 11.0. The zero-order valence-corrected chi connectivity index (χ0v) is 23.8. The van der Waals surface area contributed by atoms with Crippen molar-refractivity contribution in [3.05, 3.63) is 53.2 Å². The normalized spacial score (nSPS) is 16.1. The molecule has 40 heavy (non-hydrogen) atoms. The summed E-state index contributed by atoms with van der Waals surface area (Å²) in [6.45, 7) is 9.93. The highest BCUT2D eigenvalue weighted by atomic mass is 16.5. The predicted molar refractivity (Wildman–Crippen MR) is 157 cm³/mol. The number of anilines is 1. The van der Waals surface area contributed by atoms with E-state index in [1.54, 1.807) is 20.1 Å². The Kier molecular flexibility index (Phi) is 7.57. The Morgan fingerprint density at radius 2 is 1.98 bits per heavy atom. The smallest absolute Gasteiger partial charge is 0.298 e. The molecule has 2 aromatic carbocycles. The maximum atomic E-state index is 13.4. The standard InChI is InChI=1S/C32H36N4O4/c1-6-7-29(37)35-17-13-22(14-18-35)15-19-36-27-20-23(8-9-24(27)21(2)34-36)33-31(38)26-10-11-28-25(30(26)39-5)12-16-32(3,4)40-28/h8-12,16,20,22H,13-15,17-19H2,1-5H3,(H,33,38). The molecule has 8 nitrogen and oxygen atoms in total. The van der Waals surface area contributed by atoms with Gasteiger partial charge in [0.1, 0.15) is 17.1 Å². The molecular formula is C32H36N4O4. The number of aromatic nitrogens is 2. The Hall–Kier alpha value is -4.25. The van der Waals surface area contributed by atoms with E-state index in [0.29, 0.717) is 28.7 Å². The molecule has 1 aromatic heterocycles. The number of methoxy groups -OCH3 is 1. The molecule has 8 heteroatoms. The van der Waals surface area contributed by atoms with Gasteiger partial charge in [0.05, 0.1) is 29.4 Å². The lowest BCUT2D eigenvalue weighted by Gasteiger charge is -2.30. The molecule has 0 saturated carbocycles. The largest absolute Gasteiger partial charge is 0.495 e. The molecule has 0 atom stereocenters. The number of hydrogen-bond donors (Lipinski definition) is 1. The van der Waals surface area contributed by atoms with Crippen molar-refractivity contribution in [2.75, 3.05) is 25.5 Å². The topological polar surface area (TPSA) is 85.7 Å². The van der Waals surface area contributed by atoms with E-state index in [-0.39, 0.29) is 11.8 Å². The molecule has 2 aliphatic heterocycles. The van der Waals surface area contributed by atoms with Crippen molar-refractivity contribution in [2.45, 2.75) is 59.1 Å². The second-order valence-corrected chi connectivity index (χ2v) is 11.0. The van der Waals surface area contributed by atoms with Gasteiger partial charge in [-0.3, -0.25) is 14.3 Å². The van der Waals surface area contributed by atoms with E-state index in [4.69, 9.17) is 14.6 Å². The van der Waals surface area contributed by atoms with Crippen LogP contribution in [0.5, 0.6) is 11.5 Å². The van der Waals surface area contributed by atoms with E-state index in [9.17, 15) is 9.59 Å². The fourth-order valence-corrected chi connectivity index (χ4v) is 5.53. The number of benzene rings is 2. The Morgan fingerprint density at radius 3 is 2.70 bits per heavy atom. The van der Waals surface area contributed by atoms with E-state index in [2.05, 4.69) is 17.2 Å². The van der Waals surface area contributed by atoms with Gasteiger partial charge in [-0.1, -0.05) is 5.92 Å². The van der Waals surface area contributed by atoms with E-state index in [1.807, 2.05) is 66.8 Å². The summed E-state index contributed by atoms with van der Waals surface area (Å²) < 4.78 is 13.7. The van der Waals surface area contributed by atoms with Crippen molar-refractivity contribution in [3.63, 3.8) is 0 Å². The minimum Gasteiger partial charge on any atom is -0.495 e. The summed E-state index contributed by atoms with van der Waals surface area (Å²) in [6, 6.07) is 9.45. The zero-order chi connectivity index (χ0) is 28.4. The molecule has 208 valence electrons. The van der Waals surface area contributed by atoms with Crippen LogP contribution < -0.4 is 14.8 Å². The SMILES string of the molecule is CC#CC(=O)N1CCC(CCn2nc(C)c3ccc(NC(=O)c4ccc5c(c4OC)C=CC(C)(C)O5)cc32)CC1. The van der Waals surface area contributed by atoms with Gasteiger partial charge in [-0.05, 0) is 101 Å². The van der Waals surface area contributed by atoms with Crippen LogP contribution in [0.1, 0.15) is 61.6 Å². The highest BCUT2D eigenvalue weighted by molar-refractivity contribution is 6.08. The first-order valence-electron chi connectivity index (χ1n) is 13.8. The van der Waals surface area contributed by atoms with Gasteiger partial charge in [-0.25, -0.2) is 0 Å². The maximum absolute atomic E-state index is 13.4. The summed E-state index contributed by atoms with van der Waals surface area (Å²) >= 11 is 0. The number of nitrogens with one attached hydrogen (secondary N) is 1. The fourth-order valence-electron chi connectivity index (χ4n) is 5.53. The van der Waals surface area contributed by atoms with Crippen molar-refractivity contribution in [1.29, 1.82) is 0 Å². The molecule has 1 saturated heterocycles. The number of amides is 2. The number of carbonyl (C=O) groups is 2. The second kappa shape index (κ2) is 11.1. The third-order valence-electron chi connectivity index (χ3n) is 7.71. The van der Waals surface area contributed by atoms with E-state index < -0.39 is 5.60 Å². The Balaban J connectivity index is 1.30. The van der Waals surface area contributed by atoms with Crippen LogP contribution in [0.15, 0.2) is 36.4 Å². The molecule has 1 N–H and O–H groups in total. The third-order valence-corrected chi connectivity index (χ3v) is 7.71. The first-order valence-corrected chi connectivity index (χ1v) is 13.8. The van der Waals surface area contributed by atoms with Crippen molar-refractivity contribution < 1.29 is 19.1 Å². The molecule has 2 aliphatic rings. The molecule has 0 bridgehead atoms. The molecule has 0 radical (unpaired) electrons. The first-order chi connectivity index (χ1) is 19.2. The summed E-state index contributed by atoms with van der Waals surface area (Å²) in [5.74, 6) is 6.70. The third kappa shape index (κ3) is 5.55. The van der Waals surface area contributed by atoms with Gasteiger partial charge < -0.3 is 19.7 Å². The summed E-state index contributed by atoms with van der Waals surface area (Å²) in [5, 5.41) is 8.89. The molecule has 3 heterocycles. The van der Waals surface area contributed by atoms with Crippen LogP contribution in [0.3, 0.4) is 0 Å². The highest BCUT2D eigenvalue weighted by Crippen LogP contribution is 2.39. The molecule has 2 amide bonds. The number of nitrogens with zero attached hydrogens (tertiary/aromatic N) is 3. The lowest BCUT2D eigenvalue weighted by Crippen LogP contribution is -2.38. The van der Waals surface area contributed by atoms with Gasteiger partial charge in [0.15, 0.2) is 0 Å².